The molecular weight excluding hydrogens is 628 g/mol. The number of amides is 2. The zero-order chi connectivity index (χ0) is 32.4. The van der Waals surface area contributed by atoms with Crippen molar-refractivity contribution in [3.8, 4) is 22.8 Å². The Labute approximate surface area is 265 Å². The number of hydrogen-bond acceptors (Lipinski definition) is 6. The molecule has 2 saturated carbocycles. The third-order valence-corrected chi connectivity index (χ3v) is 8.97. The van der Waals surface area contributed by atoms with E-state index in [4.69, 9.17) is 26.8 Å². The van der Waals surface area contributed by atoms with Gasteiger partial charge in [-0.2, -0.15) is 13.2 Å². The lowest BCUT2D eigenvalue weighted by molar-refractivity contribution is -0.149. The molecule has 2 atom stereocenters. The van der Waals surface area contributed by atoms with Crippen LogP contribution in [0.1, 0.15) is 53.2 Å². The van der Waals surface area contributed by atoms with Crippen LogP contribution < -0.4 is 20.5 Å². The van der Waals surface area contributed by atoms with Crippen LogP contribution in [-0.2, 0) is 10.2 Å². The second-order valence-corrected chi connectivity index (χ2v) is 12.4. The normalized spacial score (nSPS) is 19.8. The Kier molecular flexibility index (Phi) is 7.30. The van der Waals surface area contributed by atoms with Crippen molar-refractivity contribution in [3.63, 3.8) is 0 Å². The molecular formula is C33H27ClF4N4O4. The highest BCUT2D eigenvalue weighted by Gasteiger charge is 2.57. The Balaban J connectivity index is 1.26. The van der Waals surface area contributed by atoms with Crippen molar-refractivity contribution in [2.75, 3.05) is 13.2 Å². The first-order valence-electron chi connectivity index (χ1n) is 14.8. The van der Waals surface area contributed by atoms with E-state index in [1.807, 2.05) is 0 Å². The van der Waals surface area contributed by atoms with E-state index in [-0.39, 0.29) is 41.2 Å². The number of nitrogens with zero attached hydrogens (tertiary/aromatic N) is 2. The molecule has 0 unspecified atom stereocenters. The van der Waals surface area contributed by atoms with Gasteiger partial charge >= 0.3 is 6.18 Å². The maximum absolute atomic E-state index is 14.8. The second-order valence-electron chi connectivity index (χ2n) is 12.0. The van der Waals surface area contributed by atoms with Gasteiger partial charge in [-0.1, -0.05) is 11.6 Å². The lowest BCUT2D eigenvalue weighted by atomic mass is 9.76. The minimum Gasteiger partial charge on any atom is -0.489 e. The fourth-order valence-corrected chi connectivity index (χ4v) is 6.22. The predicted molar refractivity (Wildman–Crippen MR) is 160 cm³/mol. The highest BCUT2D eigenvalue weighted by molar-refractivity contribution is 6.31. The summed E-state index contributed by atoms with van der Waals surface area (Å²) in [6, 6.07) is 10.8. The molecule has 13 heteroatoms. The number of primary amides is 1. The summed E-state index contributed by atoms with van der Waals surface area (Å²) in [7, 11) is 0. The van der Waals surface area contributed by atoms with Crippen molar-refractivity contribution in [3.05, 3.63) is 82.4 Å². The van der Waals surface area contributed by atoms with Crippen LogP contribution in [-0.4, -0.2) is 47.2 Å². The topological polar surface area (TPSA) is 116 Å². The van der Waals surface area contributed by atoms with Gasteiger partial charge in [-0.05, 0) is 80.1 Å². The van der Waals surface area contributed by atoms with Crippen LogP contribution in [0, 0.1) is 11.7 Å². The van der Waals surface area contributed by atoms with E-state index in [0.717, 1.165) is 25.0 Å². The Morgan fingerprint density at radius 2 is 1.85 bits per heavy atom. The molecule has 46 heavy (non-hydrogen) atoms. The third-order valence-electron chi connectivity index (χ3n) is 8.76. The number of ether oxygens (including phenoxy) is 2. The Morgan fingerprint density at radius 3 is 2.50 bits per heavy atom. The zero-order valence-electron chi connectivity index (χ0n) is 24.2. The van der Waals surface area contributed by atoms with E-state index in [2.05, 4.69) is 15.3 Å². The van der Waals surface area contributed by atoms with Crippen LogP contribution in [0.4, 0.5) is 17.6 Å². The number of pyridine rings is 2. The number of alkyl halides is 3. The van der Waals surface area contributed by atoms with Crippen molar-refractivity contribution in [1.82, 2.24) is 15.3 Å². The molecule has 3 N–H and O–H groups in total. The van der Waals surface area contributed by atoms with Gasteiger partial charge in [0.05, 0.1) is 16.8 Å². The van der Waals surface area contributed by atoms with Crippen LogP contribution >= 0.6 is 11.6 Å². The number of carbonyl (C=O) groups is 2. The maximum Gasteiger partial charge on any atom is 0.398 e. The van der Waals surface area contributed by atoms with Gasteiger partial charge in [0.15, 0.2) is 0 Å². The average Bonchev–Trinajstić information content (AvgIpc) is 3.95. The molecule has 1 aliphatic heterocycles. The lowest BCUT2D eigenvalue weighted by Crippen LogP contribution is -2.45. The first-order valence-corrected chi connectivity index (χ1v) is 15.2. The molecule has 238 valence electrons. The number of benzene rings is 2. The molecule has 2 aromatic carbocycles. The average molecular weight is 655 g/mol. The molecule has 0 saturated heterocycles. The first-order chi connectivity index (χ1) is 21.9. The second kappa shape index (κ2) is 11.1. The van der Waals surface area contributed by atoms with Gasteiger partial charge < -0.3 is 20.5 Å². The molecule has 3 aliphatic rings. The van der Waals surface area contributed by atoms with Gasteiger partial charge in [0, 0.05) is 34.8 Å². The van der Waals surface area contributed by atoms with E-state index < -0.39 is 47.4 Å². The third kappa shape index (κ3) is 5.48. The minimum atomic E-state index is -4.86. The number of hydrogen-bond donors (Lipinski definition) is 2. The van der Waals surface area contributed by atoms with E-state index in [1.54, 1.807) is 6.07 Å². The maximum atomic E-state index is 14.8. The van der Waals surface area contributed by atoms with Crippen molar-refractivity contribution in [2.24, 2.45) is 11.7 Å². The number of rotatable bonds is 9. The molecule has 3 heterocycles. The van der Waals surface area contributed by atoms with Gasteiger partial charge in [0.1, 0.15) is 46.5 Å². The molecule has 0 spiro atoms. The van der Waals surface area contributed by atoms with Crippen LogP contribution in [0.25, 0.3) is 22.2 Å². The van der Waals surface area contributed by atoms with Crippen molar-refractivity contribution >= 4 is 34.3 Å². The predicted octanol–water partition coefficient (Wildman–Crippen LogP) is 6.23. The van der Waals surface area contributed by atoms with Crippen LogP contribution in [0.15, 0.2) is 54.7 Å². The van der Waals surface area contributed by atoms with Crippen LogP contribution in [0.5, 0.6) is 11.5 Å². The van der Waals surface area contributed by atoms with E-state index >= 15 is 0 Å². The molecule has 2 amide bonds. The number of nitrogens with two attached hydrogens (primary N) is 1. The first kappa shape index (κ1) is 30.2. The van der Waals surface area contributed by atoms with E-state index in [0.29, 0.717) is 40.1 Å². The van der Waals surface area contributed by atoms with Crippen LogP contribution in [0.2, 0.25) is 5.02 Å². The summed E-state index contributed by atoms with van der Waals surface area (Å²) >= 11 is 6.12. The molecule has 2 aliphatic carbocycles. The Bertz CT molecular complexity index is 1880. The van der Waals surface area contributed by atoms with E-state index in [9.17, 15) is 27.2 Å². The number of nitrogens with one attached hydrogen (secondary N) is 1. The van der Waals surface area contributed by atoms with Crippen molar-refractivity contribution < 1.29 is 36.6 Å². The van der Waals surface area contributed by atoms with Crippen LogP contribution in [0.3, 0.4) is 0 Å². The summed E-state index contributed by atoms with van der Waals surface area (Å²) in [5, 5.41) is 3.23. The quantitative estimate of drug-likeness (QED) is 0.207. The summed E-state index contributed by atoms with van der Waals surface area (Å²) in [6.45, 7) is -1.00. The summed E-state index contributed by atoms with van der Waals surface area (Å²) in [5.74, 6) is -4.03. The Hall–Kier alpha value is -4.45. The standard InChI is InChI=1S/C33H27ClF4N4O4/c34-20-10-17-9-18(11-26(27(17)40-13-20)46-22-7-8-22)30(43)41-14-24(33(36,37)38)25-12-23-29(28(42-25)16-1-5-21(35)6-2-16)45-15-32(23,31(39)44)19-3-4-19/h1-2,5-6,9-13,19,22,24H,3-4,7-8,14-15H2,(H2,39,44)(H,41,43)/t24-,32-/m1/s1. The molecule has 0 radical (unpaired) electrons. The zero-order valence-corrected chi connectivity index (χ0v) is 24.9. The van der Waals surface area contributed by atoms with Gasteiger partial charge in [-0.25, -0.2) is 9.37 Å². The SMILES string of the molecule is NC(=O)[C@@]1(C2CC2)COc2c1cc([C@@H](CNC(=O)c1cc(OC3CC3)c3ncc(Cl)cc3c1)C(F)(F)F)nc2-c1ccc(F)cc1. The monoisotopic (exact) mass is 654 g/mol. The fraction of sp³-hybridized carbons (Fsp3) is 0.333. The summed E-state index contributed by atoms with van der Waals surface area (Å²) < 4.78 is 70.0. The van der Waals surface area contributed by atoms with Gasteiger partial charge in [0.25, 0.3) is 5.91 Å². The number of fused-ring (bicyclic) bond motifs is 2. The number of halogens is 5. The summed E-state index contributed by atoms with van der Waals surface area (Å²) in [5.41, 5.74) is 5.19. The van der Waals surface area contributed by atoms with Gasteiger partial charge in [-0.15, -0.1) is 0 Å². The molecule has 4 aromatic rings. The highest BCUT2D eigenvalue weighted by atomic mass is 35.5. The molecule has 2 fully saturated rings. The minimum absolute atomic E-state index is 0.0256. The molecule has 0 bridgehead atoms. The van der Waals surface area contributed by atoms with Crippen molar-refractivity contribution in [2.45, 2.75) is 49.3 Å². The molecule has 2 aromatic heterocycles. The number of carbonyl (C=O) groups excluding carboxylic acids is 2. The van der Waals surface area contributed by atoms with Crippen molar-refractivity contribution in [1.29, 1.82) is 0 Å². The van der Waals surface area contributed by atoms with E-state index in [1.165, 1.54) is 36.5 Å². The fourth-order valence-electron chi connectivity index (χ4n) is 6.06. The van der Waals surface area contributed by atoms with Gasteiger partial charge in [-0.3, -0.25) is 14.6 Å². The Morgan fingerprint density at radius 1 is 1.11 bits per heavy atom. The van der Waals surface area contributed by atoms with Gasteiger partial charge in [0.2, 0.25) is 5.91 Å². The highest BCUT2D eigenvalue weighted by Crippen LogP contribution is 2.55. The summed E-state index contributed by atoms with van der Waals surface area (Å²) in [6.07, 6.45) is -0.432. The summed E-state index contributed by atoms with van der Waals surface area (Å²) in [4.78, 5) is 34.9. The smallest absolute Gasteiger partial charge is 0.398 e. The molecule has 7 rings (SSSR count). The number of aromatic nitrogens is 2. The largest absolute Gasteiger partial charge is 0.489 e. The lowest BCUT2D eigenvalue weighted by Gasteiger charge is -2.26. The molecule has 8 nitrogen and oxygen atoms in total.